The Morgan fingerprint density at radius 3 is 2.13 bits per heavy atom. The third kappa shape index (κ3) is 1.94. The number of nitro benzene ring substituents is 1. The summed E-state index contributed by atoms with van der Waals surface area (Å²) in [6, 6.07) is 4.01. The summed E-state index contributed by atoms with van der Waals surface area (Å²) in [7, 11) is 0. The molecule has 5 rings (SSSR count). The molecule has 2 fully saturated rings. The molecular formula is C16H13ClN2O4. The Hall–Kier alpha value is -2.21. The van der Waals surface area contributed by atoms with Gasteiger partial charge in [0.1, 0.15) is 5.69 Å². The van der Waals surface area contributed by atoms with Crippen LogP contribution in [0.5, 0.6) is 0 Å². The molecule has 1 aromatic rings. The molecule has 1 saturated heterocycles. The van der Waals surface area contributed by atoms with E-state index in [9.17, 15) is 19.7 Å². The van der Waals surface area contributed by atoms with E-state index in [0.717, 1.165) is 17.7 Å². The van der Waals surface area contributed by atoms with Gasteiger partial charge in [0.25, 0.3) is 5.69 Å². The van der Waals surface area contributed by atoms with Gasteiger partial charge in [-0.2, -0.15) is 0 Å². The average molecular weight is 333 g/mol. The number of amides is 2. The monoisotopic (exact) mass is 332 g/mol. The minimum Gasteiger partial charge on any atom is -0.274 e. The molecule has 4 atom stereocenters. The summed E-state index contributed by atoms with van der Waals surface area (Å²) in [6.07, 6.45) is 5.80. The van der Waals surface area contributed by atoms with Crippen LogP contribution in [-0.4, -0.2) is 16.7 Å². The zero-order valence-corrected chi connectivity index (χ0v) is 12.8. The number of benzene rings is 1. The number of nitro groups is 1. The van der Waals surface area contributed by atoms with E-state index < -0.39 is 4.92 Å². The molecule has 2 amide bonds. The number of halogens is 1. The maximum Gasteiger partial charge on any atom is 0.294 e. The fraction of sp³-hybridized carbons (Fsp3) is 0.375. The lowest BCUT2D eigenvalue weighted by Crippen LogP contribution is -2.38. The minimum absolute atomic E-state index is 0.0169. The van der Waals surface area contributed by atoms with Crippen LogP contribution in [0.1, 0.15) is 12.8 Å². The zero-order valence-electron chi connectivity index (χ0n) is 12.0. The molecule has 1 aliphatic heterocycles. The Kier molecular flexibility index (Phi) is 3.06. The summed E-state index contributed by atoms with van der Waals surface area (Å²) in [4.78, 5) is 37.3. The van der Waals surface area contributed by atoms with Gasteiger partial charge in [-0.3, -0.25) is 19.7 Å². The molecule has 0 N–H and O–H groups in total. The lowest BCUT2D eigenvalue weighted by Gasteiger charge is -2.38. The molecule has 1 saturated carbocycles. The van der Waals surface area contributed by atoms with Gasteiger partial charge < -0.3 is 0 Å². The molecule has 0 unspecified atom stereocenters. The number of fused-ring (bicyclic) bond motifs is 1. The minimum atomic E-state index is -0.614. The number of imide groups is 1. The Balaban J connectivity index is 1.81. The molecule has 2 bridgehead atoms. The maximum absolute atomic E-state index is 12.8. The van der Waals surface area contributed by atoms with Crippen molar-refractivity contribution in [2.45, 2.75) is 12.8 Å². The largest absolute Gasteiger partial charge is 0.294 e. The molecule has 7 heteroatoms. The van der Waals surface area contributed by atoms with Crippen molar-refractivity contribution < 1.29 is 14.5 Å². The summed E-state index contributed by atoms with van der Waals surface area (Å²) in [5.41, 5.74) is -0.304. The molecular weight excluding hydrogens is 320 g/mol. The smallest absolute Gasteiger partial charge is 0.274 e. The van der Waals surface area contributed by atoms with Crippen LogP contribution >= 0.6 is 11.6 Å². The Bertz CT molecular complexity index is 743. The summed E-state index contributed by atoms with van der Waals surface area (Å²) >= 11 is 5.82. The van der Waals surface area contributed by atoms with Gasteiger partial charge in [0.05, 0.1) is 16.8 Å². The van der Waals surface area contributed by atoms with Crippen LogP contribution < -0.4 is 4.90 Å². The number of allylic oxidation sites excluding steroid dienone is 2. The van der Waals surface area contributed by atoms with Crippen molar-refractivity contribution in [3.05, 3.63) is 45.5 Å². The lowest BCUT2D eigenvalue weighted by molar-refractivity contribution is -0.384. The van der Waals surface area contributed by atoms with Gasteiger partial charge in [0, 0.05) is 11.1 Å². The maximum atomic E-state index is 12.8. The van der Waals surface area contributed by atoms with Crippen molar-refractivity contribution in [3.8, 4) is 0 Å². The number of rotatable bonds is 2. The van der Waals surface area contributed by atoms with Crippen LogP contribution in [-0.2, 0) is 9.59 Å². The predicted molar refractivity (Wildman–Crippen MR) is 82.9 cm³/mol. The standard InChI is InChI=1S/C16H13ClN2O4/c17-10-5-6-11(12(7-10)19(22)23)18-15(20)13-8-1-2-9(4-3-8)14(13)16(18)21/h1-2,5-9,13-14H,3-4H2/t8-,9-,13-,14+/m1/s1. The van der Waals surface area contributed by atoms with Gasteiger partial charge in [0.15, 0.2) is 0 Å². The second-order valence-corrected chi connectivity index (χ2v) is 6.68. The van der Waals surface area contributed by atoms with E-state index in [4.69, 9.17) is 11.6 Å². The average Bonchev–Trinajstić information content (AvgIpc) is 2.82. The Morgan fingerprint density at radius 2 is 1.65 bits per heavy atom. The molecule has 1 aromatic carbocycles. The third-order valence-electron chi connectivity index (χ3n) is 5.13. The predicted octanol–water partition coefficient (Wildman–Crippen LogP) is 2.95. The summed E-state index contributed by atoms with van der Waals surface area (Å²) in [6.45, 7) is 0. The number of hydrogen-bond acceptors (Lipinski definition) is 4. The second-order valence-electron chi connectivity index (χ2n) is 6.24. The molecule has 118 valence electrons. The van der Waals surface area contributed by atoms with Gasteiger partial charge in [-0.15, -0.1) is 0 Å². The fourth-order valence-corrected chi connectivity index (χ4v) is 4.31. The first-order valence-corrected chi connectivity index (χ1v) is 7.87. The van der Waals surface area contributed by atoms with E-state index >= 15 is 0 Å². The number of anilines is 1. The molecule has 0 spiro atoms. The first-order valence-electron chi connectivity index (χ1n) is 7.49. The van der Waals surface area contributed by atoms with E-state index in [2.05, 4.69) is 0 Å². The molecule has 1 heterocycles. The van der Waals surface area contributed by atoms with Crippen LogP contribution in [0.25, 0.3) is 0 Å². The van der Waals surface area contributed by atoms with Crippen molar-refractivity contribution in [2.24, 2.45) is 23.7 Å². The van der Waals surface area contributed by atoms with Gasteiger partial charge >= 0.3 is 0 Å². The van der Waals surface area contributed by atoms with Crippen LogP contribution in [0.2, 0.25) is 5.02 Å². The first-order chi connectivity index (χ1) is 11.0. The van der Waals surface area contributed by atoms with Crippen molar-refractivity contribution in [2.75, 3.05) is 4.90 Å². The highest BCUT2D eigenvalue weighted by Gasteiger charge is 2.57. The first kappa shape index (κ1) is 14.4. The number of carbonyl (C=O) groups excluding carboxylic acids is 2. The fourth-order valence-electron chi connectivity index (χ4n) is 4.14. The second kappa shape index (κ2) is 4.89. The van der Waals surface area contributed by atoms with Gasteiger partial charge in [-0.1, -0.05) is 23.8 Å². The van der Waals surface area contributed by atoms with Crippen LogP contribution in [0, 0.1) is 33.8 Å². The van der Waals surface area contributed by atoms with Crippen molar-refractivity contribution >= 4 is 34.8 Å². The number of hydrogen-bond donors (Lipinski definition) is 0. The quantitative estimate of drug-likeness (QED) is 0.361. The van der Waals surface area contributed by atoms with E-state index in [1.807, 2.05) is 12.2 Å². The van der Waals surface area contributed by atoms with E-state index in [-0.39, 0.29) is 51.9 Å². The van der Waals surface area contributed by atoms with E-state index in [1.54, 1.807) is 0 Å². The SMILES string of the molecule is O=C1[C@@H]2[C@H](C(=O)N1c1ccc(Cl)cc1[N+](=O)[O-])[C@@H]1C=C[C@@H]2CC1. The van der Waals surface area contributed by atoms with E-state index in [1.165, 1.54) is 18.2 Å². The lowest BCUT2D eigenvalue weighted by atomic mass is 9.63. The molecule has 23 heavy (non-hydrogen) atoms. The normalized spacial score (nSPS) is 31.6. The summed E-state index contributed by atoms with van der Waals surface area (Å²) < 4.78 is 0. The third-order valence-corrected chi connectivity index (χ3v) is 5.37. The van der Waals surface area contributed by atoms with Crippen molar-refractivity contribution in [1.82, 2.24) is 0 Å². The molecule has 6 nitrogen and oxygen atoms in total. The van der Waals surface area contributed by atoms with Gasteiger partial charge in [-0.25, -0.2) is 4.90 Å². The topological polar surface area (TPSA) is 80.5 Å². The Morgan fingerprint density at radius 1 is 1.09 bits per heavy atom. The molecule has 4 aliphatic rings. The highest BCUT2D eigenvalue weighted by Crippen LogP contribution is 2.51. The molecule has 3 aliphatic carbocycles. The van der Waals surface area contributed by atoms with Crippen LogP contribution in [0.15, 0.2) is 30.4 Å². The molecule has 0 radical (unpaired) electrons. The van der Waals surface area contributed by atoms with Crippen LogP contribution in [0.4, 0.5) is 11.4 Å². The van der Waals surface area contributed by atoms with Gasteiger partial charge in [0.2, 0.25) is 11.8 Å². The van der Waals surface area contributed by atoms with Crippen molar-refractivity contribution in [1.29, 1.82) is 0 Å². The summed E-state index contributed by atoms with van der Waals surface area (Å²) in [5, 5.41) is 11.5. The Labute approximate surface area is 136 Å². The van der Waals surface area contributed by atoms with E-state index in [0.29, 0.717) is 0 Å². The highest BCUT2D eigenvalue weighted by molar-refractivity contribution is 6.31. The number of carbonyl (C=O) groups is 2. The number of nitrogens with zero attached hydrogens (tertiary/aromatic N) is 2. The molecule has 0 aromatic heterocycles. The summed E-state index contributed by atoms with van der Waals surface area (Å²) in [5.74, 6) is -1.33. The van der Waals surface area contributed by atoms with Gasteiger partial charge in [-0.05, 0) is 36.8 Å². The van der Waals surface area contributed by atoms with Crippen LogP contribution in [0.3, 0.4) is 0 Å². The zero-order chi connectivity index (χ0) is 16.3. The van der Waals surface area contributed by atoms with Crippen molar-refractivity contribution in [3.63, 3.8) is 0 Å². The highest BCUT2D eigenvalue weighted by atomic mass is 35.5.